The van der Waals surface area contributed by atoms with Gasteiger partial charge in [-0.2, -0.15) is 0 Å². The highest BCUT2D eigenvalue weighted by Crippen LogP contribution is 2.24. The van der Waals surface area contributed by atoms with Crippen LogP contribution < -0.4 is 5.32 Å². The van der Waals surface area contributed by atoms with E-state index in [1.165, 1.54) is 19.2 Å². The Morgan fingerprint density at radius 1 is 1.31 bits per heavy atom. The van der Waals surface area contributed by atoms with E-state index in [1.54, 1.807) is 6.07 Å². The Morgan fingerprint density at radius 2 is 1.88 bits per heavy atom. The third-order valence-electron chi connectivity index (χ3n) is 1.78. The molecule has 1 N–H and O–H groups in total. The van der Waals surface area contributed by atoms with Gasteiger partial charge in [0.1, 0.15) is 0 Å². The second-order valence-electron chi connectivity index (χ2n) is 2.85. The number of halogens is 2. The SMILES string of the molecule is CNC(=O)COC(=O)c1c(Cl)cccc1Cl. The van der Waals surface area contributed by atoms with Crippen LogP contribution in [0.25, 0.3) is 0 Å². The normalized spacial score (nSPS) is 9.69. The third kappa shape index (κ3) is 3.12. The average molecular weight is 262 g/mol. The van der Waals surface area contributed by atoms with Crippen LogP contribution in [-0.4, -0.2) is 25.5 Å². The summed E-state index contributed by atoms with van der Waals surface area (Å²) in [7, 11) is 1.44. The quantitative estimate of drug-likeness (QED) is 0.846. The van der Waals surface area contributed by atoms with Crippen LogP contribution >= 0.6 is 23.2 Å². The zero-order valence-corrected chi connectivity index (χ0v) is 9.93. The Hall–Kier alpha value is -1.26. The number of benzene rings is 1. The largest absolute Gasteiger partial charge is 0.452 e. The van der Waals surface area contributed by atoms with E-state index in [2.05, 4.69) is 5.32 Å². The van der Waals surface area contributed by atoms with E-state index in [1.807, 2.05) is 0 Å². The van der Waals surface area contributed by atoms with Crippen LogP contribution in [-0.2, 0) is 9.53 Å². The molecular weight excluding hydrogens is 253 g/mol. The van der Waals surface area contributed by atoms with Gasteiger partial charge in [-0.25, -0.2) is 4.79 Å². The van der Waals surface area contributed by atoms with Gasteiger partial charge in [0.15, 0.2) is 6.61 Å². The smallest absolute Gasteiger partial charge is 0.341 e. The maximum Gasteiger partial charge on any atom is 0.341 e. The first kappa shape index (κ1) is 12.8. The first-order chi connectivity index (χ1) is 7.56. The molecule has 6 heteroatoms. The molecule has 0 aliphatic rings. The molecule has 0 saturated carbocycles. The molecule has 0 radical (unpaired) electrons. The molecule has 0 spiro atoms. The molecule has 0 unspecified atom stereocenters. The Labute approximate surface area is 102 Å². The monoisotopic (exact) mass is 261 g/mol. The van der Waals surface area contributed by atoms with Gasteiger partial charge in [0, 0.05) is 7.05 Å². The summed E-state index contributed by atoms with van der Waals surface area (Å²) in [5.41, 5.74) is 0.0646. The summed E-state index contributed by atoms with van der Waals surface area (Å²) in [6, 6.07) is 4.65. The summed E-state index contributed by atoms with van der Waals surface area (Å²) in [5.74, 6) is -1.13. The van der Waals surface area contributed by atoms with Gasteiger partial charge in [-0.3, -0.25) is 4.79 Å². The van der Waals surface area contributed by atoms with Crippen LogP contribution in [0.2, 0.25) is 10.0 Å². The number of hydrogen-bond donors (Lipinski definition) is 1. The summed E-state index contributed by atoms with van der Waals surface area (Å²) in [6.07, 6.45) is 0. The van der Waals surface area contributed by atoms with Crippen molar-refractivity contribution in [2.75, 3.05) is 13.7 Å². The fraction of sp³-hybridized carbons (Fsp3) is 0.200. The van der Waals surface area contributed by atoms with E-state index in [0.29, 0.717) is 0 Å². The van der Waals surface area contributed by atoms with E-state index in [0.717, 1.165) is 0 Å². The first-order valence-electron chi connectivity index (χ1n) is 4.38. The summed E-state index contributed by atoms with van der Waals surface area (Å²) in [5, 5.41) is 2.70. The molecular formula is C10H9Cl2NO3. The van der Waals surface area contributed by atoms with E-state index < -0.39 is 11.9 Å². The Kier molecular flexibility index (Phi) is 4.58. The molecule has 0 saturated heterocycles. The Balaban J connectivity index is 2.77. The van der Waals surface area contributed by atoms with E-state index in [9.17, 15) is 9.59 Å². The lowest BCUT2D eigenvalue weighted by molar-refractivity contribution is -0.123. The van der Waals surface area contributed by atoms with Crippen LogP contribution in [0, 0.1) is 0 Å². The minimum Gasteiger partial charge on any atom is -0.452 e. The molecule has 1 amide bonds. The van der Waals surface area contributed by atoms with Crippen LogP contribution in [0.15, 0.2) is 18.2 Å². The number of carbonyl (C=O) groups is 2. The molecule has 16 heavy (non-hydrogen) atoms. The maximum atomic E-state index is 11.5. The van der Waals surface area contributed by atoms with Crippen molar-refractivity contribution in [1.29, 1.82) is 0 Å². The second-order valence-corrected chi connectivity index (χ2v) is 3.66. The van der Waals surface area contributed by atoms with Gasteiger partial charge in [-0.1, -0.05) is 29.3 Å². The highest BCUT2D eigenvalue weighted by Gasteiger charge is 2.16. The van der Waals surface area contributed by atoms with Crippen molar-refractivity contribution in [3.63, 3.8) is 0 Å². The molecule has 0 aliphatic heterocycles. The number of esters is 1. The van der Waals surface area contributed by atoms with E-state index in [-0.39, 0.29) is 22.2 Å². The highest BCUT2D eigenvalue weighted by atomic mass is 35.5. The number of hydrogen-bond acceptors (Lipinski definition) is 3. The van der Waals surface area contributed by atoms with Crippen LogP contribution in [0.5, 0.6) is 0 Å². The van der Waals surface area contributed by atoms with Gasteiger partial charge < -0.3 is 10.1 Å². The van der Waals surface area contributed by atoms with Gasteiger partial charge in [0.25, 0.3) is 5.91 Å². The molecule has 86 valence electrons. The van der Waals surface area contributed by atoms with Crippen molar-refractivity contribution in [2.24, 2.45) is 0 Å². The minimum atomic E-state index is -0.723. The lowest BCUT2D eigenvalue weighted by atomic mass is 10.2. The molecule has 1 rings (SSSR count). The molecule has 1 aromatic carbocycles. The molecule has 0 aliphatic carbocycles. The van der Waals surface area contributed by atoms with Gasteiger partial charge in [-0.15, -0.1) is 0 Å². The van der Waals surface area contributed by atoms with Crippen LogP contribution in [0.4, 0.5) is 0 Å². The summed E-state index contributed by atoms with van der Waals surface area (Å²) in [4.78, 5) is 22.4. The number of carbonyl (C=O) groups excluding carboxylic acids is 2. The minimum absolute atomic E-state index is 0.0646. The van der Waals surface area contributed by atoms with Gasteiger partial charge >= 0.3 is 5.97 Å². The zero-order valence-electron chi connectivity index (χ0n) is 8.42. The fourth-order valence-corrected chi connectivity index (χ4v) is 1.52. The van der Waals surface area contributed by atoms with Crippen molar-refractivity contribution in [3.8, 4) is 0 Å². The predicted octanol–water partition coefficient (Wildman–Crippen LogP) is 1.90. The first-order valence-corrected chi connectivity index (χ1v) is 5.13. The topological polar surface area (TPSA) is 55.4 Å². The third-order valence-corrected chi connectivity index (χ3v) is 2.41. The Morgan fingerprint density at radius 3 is 2.38 bits per heavy atom. The van der Waals surface area contributed by atoms with E-state index in [4.69, 9.17) is 27.9 Å². The van der Waals surface area contributed by atoms with Crippen molar-refractivity contribution < 1.29 is 14.3 Å². The van der Waals surface area contributed by atoms with Gasteiger partial charge in [-0.05, 0) is 12.1 Å². The summed E-state index contributed by atoms with van der Waals surface area (Å²) >= 11 is 11.6. The van der Waals surface area contributed by atoms with Gasteiger partial charge in [0.05, 0.1) is 15.6 Å². The molecule has 0 bridgehead atoms. The number of ether oxygens (including phenoxy) is 1. The molecule has 0 heterocycles. The number of rotatable bonds is 3. The predicted molar refractivity (Wildman–Crippen MR) is 60.8 cm³/mol. The van der Waals surface area contributed by atoms with Crippen molar-refractivity contribution in [2.45, 2.75) is 0 Å². The van der Waals surface area contributed by atoms with Crippen LogP contribution in [0.3, 0.4) is 0 Å². The fourth-order valence-electron chi connectivity index (χ4n) is 0.968. The summed E-state index contributed by atoms with van der Waals surface area (Å²) in [6.45, 7) is -0.364. The average Bonchev–Trinajstić information content (AvgIpc) is 2.25. The van der Waals surface area contributed by atoms with Crippen molar-refractivity contribution in [3.05, 3.63) is 33.8 Å². The van der Waals surface area contributed by atoms with E-state index >= 15 is 0 Å². The number of likely N-dealkylation sites (N-methyl/N-ethyl adjacent to an activating group) is 1. The molecule has 0 atom stereocenters. The highest BCUT2D eigenvalue weighted by molar-refractivity contribution is 6.39. The maximum absolute atomic E-state index is 11.5. The zero-order chi connectivity index (χ0) is 12.1. The van der Waals surface area contributed by atoms with Crippen molar-refractivity contribution in [1.82, 2.24) is 5.32 Å². The lowest BCUT2D eigenvalue weighted by Gasteiger charge is -2.06. The van der Waals surface area contributed by atoms with Crippen LogP contribution in [0.1, 0.15) is 10.4 Å². The molecule has 0 fully saturated rings. The number of amides is 1. The van der Waals surface area contributed by atoms with Gasteiger partial charge in [0.2, 0.25) is 0 Å². The molecule has 1 aromatic rings. The Bertz CT molecular complexity index is 400. The lowest BCUT2D eigenvalue weighted by Crippen LogP contribution is -2.25. The molecule has 4 nitrogen and oxygen atoms in total. The van der Waals surface area contributed by atoms with Crippen molar-refractivity contribution >= 4 is 35.1 Å². The summed E-state index contributed by atoms with van der Waals surface area (Å²) < 4.78 is 4.72. The second kappa shape index (κ2) is 5.72. The molecule has 0 aromatic heterocycles. The standard InChI is InChI=1S/C10H9Cl2NO3/c1-13-8(14)5-16-10(15)9-6(11)3-2-4-7(9)12/h2-4H,5H2,1H3,(H,13,14). The number of nitrogens with one attached hydrogen (secondary N) is 1.